The predicted octanol–water partition coefficient (Wildman–Crippen LogP) is 3.19. The lowest BCUT2D eigenvalue weighted by molar-refractivity contribution is 0.230. The van der Waals surface area contributed by atoms with Gasteiger partial charge >= 0.3 is 0 Å². The molecule has 2 N–H and O–H groups in total. The van der Waals surface area contributed by atoms with Crippen molar-refractivity contribution in [3.8, 4) is 5.75 Å². The minimum atomic E-state index is 0.0439. The molecular formula is C21H36N4O. The number of nitrogens with one attached hydrogen (secondary N) is 2. The molecule has 0 aliphatic carbocycles. The second-order valence-corrected chi connectivity index (χ2v) is 7.15. The van der Waals surface area contributed by atoms with Crippen LogP contribution in [0, 0.1) is 6.92 Å². The molecule has 146 valence electrons. The van der Waals surface area contributed by atoms with E-state index in [1.807, 2.05) is 12.1 Å². The van der Waals surface area contributed by atoms with Crippen LogP contribution in [0.2, 0.25) is 0 Å². The summed E-state index contributed by atoms with van der Waals surface area (Å²) in [5, 5.41) is 6.76. The van der Waals surface area contributed by atoms with Crippen molar-refractivity contribution >= 4 is 5.96 Å². The largest absolute Gasteiger partial charge is 0.489 e. The van der Waals surface area contributed by atoms with E-state index in [9.17, 15) is 0 Å². The fourth-order valence-electron chi connectivity index (χ4n) is 3.19. The highest BCUT2D eigenvalue weighted by molar-refractivity contribution is 5.79. The minimum Gasteiger partial charge on any atom is -0.489 e. The molecule has 2 rings (SSSR count). The smallest absolute Gasteiger partial charge is 0.191 e. The minimum absolute atomic E-state index is 0.0439. The lowest BCUT2D eigenvalue weighted by Gasteiger charge is -2.16. The Morgan fingerprint density at radius 1 is 1.23 bits per heavy atom. The molecule has 5 heteroatoms. The Morgan fingerprint density at radius 3 is 2.77 bits per heavy atom. The number of hydrogen-bond donors (Lipinski definition) is 2. The molecule has 0 radical (unpaired) electrons. The van der Waals surface area contributed by atoms with Crippen molar-refractivity contribution in [2.45, 2.75) is 52.6 Å². The Labute approximate surface area is 159 Å². The highest BCUT2D eigenvalue weighted by Crippen LogP contribution is 2.14. The van der Waals surface area contributed by atoms with Crippen molar-refractivity contribution in [3.63, 3.8) is 0 Å². The van der Waals surface area contributed by atoms with E-state index in [2.05, 4.69) is 53.4 Å². The Balaban J connectivity index is 1.67. The summed E-state index contributed by atoms with van der Waals surface area (Å²) in [6.45, 7) is 12.5. The van der Waals surface area contributed by atoms with Gasteiger partial charge in [-0.1, -0.05) is 12.1 Å². The van der Waals surface area contributed by atoms with Gasteiger partial charge in [0, 0.05) is 13.1 Å². The summed E-state index contributed by atoms with van der Waals surface area (Å²) in [7, 11) is 0. The van der Waals surface area contributed by atoms with Gasteiger partial charge in [-0.05, 0) is 83.8 Å². The fraction of sp³-hybridized carbons (Fsp3) is 0.667. The molecule has 1 aliphatic rings. The van der Waals surface area contributed by atoms with E-state index < -0.39 is 0 Å². The third-order valence-electron chi connectivity index (χ3n) is 4.57. The van der Waals surface area contributed by atoms with E-state index in [0.717, 1.165) is 24.8 Å². The summed E-state index contributed by atoms with van der Waals surface area (Å²) in [6.07, 6.45) is 5.22. The molecule has 0 amide bonds. The zero-order valence-electron chi connectivity index (χ0n) is 16.8. The van der Waals surface area contributed by atoms with Crippen LogP contribution in [0.25, 0.3) is 0 Å². The molecule has 1 aliphatic heterocycles. The van der Waals surface area contributed by atoms with Crippen LogP contribution in [0.3, 0.4) is 0 Å². The van der Waals surface area contributed by atoms with Gasteiger partial charge in [-0.15, -0.1) is 0 Å². The van der Waals surface area contributed by atoms with Crippen LogP contribution in [0.4, 0.5) is 0 Å². The van der Waals surface area contributed by atoms with Crippen LogP contribution in [0.5, 0.6) is 5.75 Å². The van der Waals surface area contributed by atoms with Crippen LogP contribution in [-0.2, 0) is 0 Å². The first-order valence-electron chi connectivity index (χ1n) is 10.1. The molecule has 5 nitrogen and oxygen atoms in total. The highest BCUT2D eigenvalue weighted by atomic mass is 16.5. The average molecular weight is 361 g/mol. The first-order chi connectivity index (χ1) is 12.7. The Kier molecular flexibility index (Phi) is 9.32. The van der Waals surface area contributed by atoms with Gasteiger partial charge in [-0.3, -0.25) is 0 Å². The fourth-order valence-corrected chi connectivity index (χ4v) is 3.19. The average Bonchev–Trinajstić information content (AvgIpc) is 3.12. The number of aryl methyl sites for hydroxylation is 1. The van der Waals surface area contributed by atoms with Gasteiger partial charge in [0.1, 0.15) is 11.9 Å². The number of benzene rings is 1. The monoisotopic (exact) mass is 360 g/mol. The van der Waals surface area contributed by atoms with E-state index in [4.69, 9.17) is 4.74 Å². The lowest BCUT2D eigenvalue weighted by atomic mass is 10.2. The van der Waals surface area contributed by atoms with Crippen molar-refractivity contribution in [3.05, 3.63) is 29.8 Å². The molecule has 1 aromatic carbocycles. The first kappa shape index (κ1) is 20.6. The summed E-state index contributed by atoms with van der Waals surface area (Å²) in [4.78, 5) is 7.24. The number of rotatable bonds is 10. The van der Waals surface area contributed by atoms with E-state index in [-0.39, 0.29) is 6.10 Å². The molecule has 0 aromatic heterocycles. The molecule has 0 spiro atoms. The van der Waals surface area contributed by atoms with Gasteiger partial charge in [-0.25, -0.2) is 4.99 Å². The van der Waals surface area contributed by atoms with Gasteiger partial charge in [0.15, 0.2) is 5.96 Å². The van der Waals surface area contributed by atoms with Crippen molar-refractivity contribution in [1.82, 2.24) is 15.5 Å². The maximum atomic E-state index is 5.96. The highest BCUT2D eigenvalue weighted by Gasteiger charge is 2.10. The SMILES string of the molecule is CCNC(=NCC(C)Oc1cccc(C)c1)NCCCCN1CCCC1. The molecule has 1 saturated heterocycles. The topological polar surface area (TPSA) is 48.9 Å². The van der Waals surface area contributed by atoms with Gasteiger partial charge < -0.3 is 20.3 Å². The maximum absolute atomic E-state index is 5.96. The summed E-state index contributed by atoms with van der Waals surface area (Å²) < 4.78 is 5.96. The number of hydrogen-bond acceptors (Lipinski definition) is 3. The molecule has 0 bridgehead atoms. The van der Waals surface area contributed by atoms with Crippen LogP contribution < -0.4 is 15.4 Å². The predicted molar refractivity (Wildman–Crippen MR) is 110 cm³/mol. The molecule has 1 fully saturated rings. The third kappa shape index (κ3) is 8.09. The van der Waals surface area contributed by atoms with E-state index in [0.29, 0.717) is 6.54 Å². The van der Waals surface area contributed by atoms with Crippen molar-refractivity contribution < 1.29 is 4.74 Å². The van der Waals surface area contributed by atoms with Gasteiger partial charge in [0.25, 0.3) is 0 Å². The second-order valence-electron chi connectivity index (χ2n) is 7.15. The quantitative estimate of drug-likeness (QED) is 0.382. The third-order valence-corrected chi connectivity index (χ3v) is 4.57. The van der Waals surface area contributed by atoms with E-state index >= 15 is 0 Å². The summed E-state index contributed by atoms with van der Waals surface area (Å²) in [5.41, 5.74) is 1.21. The number of likely N-dealkylation sites (tertiary alicyclic amines) is 1. The van der Waals surface area contributed by atoms with Crippen molar-refractivity contribution in [2.24, 2.45) is 4.99 Å². The summed E-state index contributed by atoms with van der Waals surface area (Å²) in [6, 6.07) is 8.15. The van der Waals surface area contributed by atoms with Gasteiger partial charge in [0.05, 0.1) is 6.54 Å². The molecule has 1 aromatic rings. The molecular weight excluding hydrogens is 324 g/mol. The van der Waals surface area contributed by atoms with Crippen LogP contribution >= 0.6 is 0 Å². The number of aliphatic imine (C=N–C) groups is 1. The van der Waals surface area contributed by atoms with E-state index in [1.54, 1.807) is 0 Å². The second kappa shape index (κ2) is 11.8. The summed E-state index contributed by atoms with van der Waals surface area (Å²) >= 11 is 0. The Hall–Kier alpha value is -1.75. The molecule has 1 unspecified atom stereocenters. The number of nitrogens with zero attached hydrogens (tertiary/aromatic N) is 2. The van der Waals surface area contributed by atoms with Crippen molar-refractivity contribution in [2.75, 3.05) is 39.3 Å². The molecule has 1 atom stereocenters. The molecule has 1 heterocycles. The Bertz CT molecular complexity index is 541. The maximum Gasteiger partial charge on any atom is 0.191 e. The zero-order chi connectivity index (χ0) is 18.6. The van der Waals surface area contributed by atoms with Gasteiger partial charge in [0.2, 0.25) is 0 Å². The van der Waals surface area contributed by atoms with Crippen LogP contribution in [0.15, 0.2) is 29.3 Å². The lowest BCUT2D eigenvalue weighted by Crippen LogP contribution is -2.38. The standard InChI is InChI=1S/C21H36N4O/c1-4-22-21(23-12-5-6-13-25-14-7-8-15-25)24-17-19(3)26-20-11-9-10-18(2)16-20/h9-11,16,19H,4-8,12-15,17H2,1-3H3,(H2,22,23,24). The van der Waals surface area contributed by atoms with Crippen LogP contribution in [0.1, 0.15) is 45.1 Å². The van der Waals surface area contributed by atoms with Gasteiger partial charge in [-0.2, -0.15) is 0 Å². The normalized spacial score (nSPS) is 16.5. The summed E-state index contributed by atoms with van der Waals surface area (Å²) in [5.74, 6) is 1.79. The van der Waals surface area contributed by atoms with E-state index in [1.165, 1.54) is 50.9 Å². The molecule has 0 saturated carbocycles. The first-order valence-corrected chi connectivity index (χ1v) is 10.1. The molecule has 26 heavy (non-hydrogen) atoms. The number of unbranched alkanes of at least 4 members (excludes halogenated alkanes) is 1. The number of ether oxygens (including phenoxy) is 1. The van der Waals surface area contributed by atoms with Crippen molar-refractivity contribution in [1.29, 1.82) is 0 Å². The number of guanidine groups is 1. The Morgan fingerprint density at radius 2 is 2.04 bits per heavy atom. The zero-order valence-corrected chi connectivity index (χ0v) is 16.8. The van der Waals surface area contributed by atoms with Crippen LogP contribution in [-0.4, -0.2) is 56.2 Å².